The number of rotatable bonds is 25. The Labute approximate surface area is 384 Å². The smallest absolute Gasteiger partial charge is 0.345 e. The monoisotopic (exact) mass is 1070 g/mol. The molecule has 2 rings (SSSR count). The third kappa shape index (κ3) is 31.9. The SMILES string of the molecule is C=CC=O.CCCN(CCCl)P(N)(=O)O.NP(=O)(OCCC=O)N(CCCl)CCCl.O=P1(N(CCCl)CCCl)NC(O)CCO1.O=P1(N(CCCl)CCCl)NCCCO1. The number of aliphatic hydroxyl groups excluding tert-OH is 1. The van der Waals surface area contributed by atoms with Gasteiger partial charge in [-0.2, -0.15) is 0 Å². The average molecular weight is 1070 g/mol. The molecule has 0 bridgehead atoms. The van der Waals surface area contributed by atoms with E-state index in [1.54, 1.807) is 9.34 Å². The van der Waals surface area contributed by atoms with Crippen LogP contribution in [0.15, 0.2) is 12.7 Å². The summed E-state index contributed by atoms with van der Waals surface area (Å²) in [5, 5.41) is 14.8. The number of nitrogens with zero attached hydrogens (tertiary/aromatic N) is 4. The maximum absolute atomic E-state index is 12.2. The highest BCUT2D eigenvalue weighted by atomic mass is 35.5. The lowest BCUT2D eigenvalue weighted by atomic mass is 10.4. The van der Waals surface area contributed by atoms with E-state index in [0.717, 1.165) is 19.4 Å². The van der Waals surface area contributed by atoms with Crippen molar-refractivity contribution in [1.82, 2.24) is 28.9 Å². The highest BCUT2D eigenvalue weighted by Gasteiger charge is 2.36. The van der Waals surface area contributed by atoms with Gasteiger partial charge in [-0.3, -0.25) is 23.1 Å². The number of aldehydes is 2. The first kappa shape index (κ1) is 64.8. The lowest BCUT2D eigenvalue weighted by molar-refractivity contribution is -0.108. The van der Waals surface area contributed by atoms with Gasteiger partial charge in [-0.15, -0.1) is 81.2 Å². The first-order valence-corrected chi connectivity index (χ1v) is 28.4. The van der Waals surface area contributed by atoms with E-state index < -0.39 is 36.9 Å². The first-order valence-electron chi connectivity index (χ1n) is 18.1. The van der Waals surface area contributed by atoms with E-state index in [1.165, 1.54) is 15.4 Å². The molecule has 0 aromatic rings. The number of hydrogen-bond acceptors (Lipinski definition) is 10. The fourth-order valence-corrected chi connectivity index (χ4v) is 12.6. The van der Waals surface area contributed by atoms with Crippen LogP contribution in [-0.4, -0.2) is 167 Å². The molecule has 19 nitrogen and oxygen atoms in total. The van der Waals surface area contributed by atoms with Gasteiger partial charge in [0.25, 0.3) is 0 Å². The van der Waals surface area contributed by atoms with Crippen molar-refractivity contribution in [2.24, 2.45) is 11.0 Å². The molecule has 0 radical (unpaired) electrons. The second kappa shape index (κ2) is 39.8. The van der Waals surface area contributed by atoms with Gasteiger partial charge in [0.2, 0.25) is 0 Å². The number of aliphatic hydroxyl groups is 1. The molecular weight excluding hydrogens is 1010 g/mol. The van der Waals surface area contributed by atoms with Crippen LogP contribution >= 0.6 is 112 Å². The van der Waals surface area contributed by atoms with E-state index >= 15 is 0 Å². The summed E-state index contributed by atoms with van der Waals surface area (Å²) in [5.74, 6) is 2.41. The number of alkyl halides is 7. The molecule has 2 heterocycles. The van der Waals surface area contributed by atoms with Crippen LogP contribution < -0.4 is 21.2 Å². The Bertz CT molecular complexity index is 1240. The Balaban J connectivity index is -0.000000691. The predicted octanol–water partition coefficient (Wildman–Crippen LogP) is 5.89. The van der Waals surface area contributed by atoms with E-state index in [-0.39, 0.29) is 31.4 Å². The van der Waals surface area contributed by atoms with Crippen LogP contribution in [0.4, 0.5) is 0 Å². The summed E-state index contributed by atoms with van der Waals surface area (Å²) in [6, 6.07) is 0. The minimum atomic E-state index is -3.56. The second-order valence-electron chi connectivity index (χ2n) is 11.4. The van der Waals surface area contributed by atoms with E-state index in [1.807, 2.05) is 6.92 Å². The van der Waals surface area contributed by atoms with Gasteiger partial charge in [-0.25, -0.2) is 39.9 Å². The number of nitrogens with two attached hydrogens (primary N) is 2. The van der Waals surface area contributed by atoms with Gasteiger partial charge in [0.05, 0.1) is 19.8 Å². The summed E-state index contributed by atoms with van der Waals surface area (Å²) >= 11 is 38.9. The van der Waals surface area contributed by atoms with E-state index in [0.29, 0.717) is 107 Å². The van der Waals surface area contributed by atoms with Gasteiger partial charge in [0.15, 0.2) is 0 Å². The number of carbonyl (C=O) groups is 2. The van der Waals surface area contributed by atoms with Crippen molar-refractivity contribution in [3.05, 3.63) is 12.7 Å². The van der Waals surface area contributed by atoms with Crippen LogP contribution in [0.3, 0.4) is 0 Å². The average Bonchev–Trinajstić information content (AvgIpc) is 3.18. The molecule has 2 fully saturated rings. The molecule has 2 saturated heterocycles. The Kier molecular flexibility index (Phi) is 43.8. The van der Waals surface area contributed by atoms with Gasteiger partial charge in [-0.1, -0.05) is 13.5 Å². The van der Waals surface area contributed by atoms with Crippen LogP contribution in [0.1, 0.15) is 32.6 Å². The molecule has 0 amide bonds. The van der Waals surface area contributed by atoms with Crippen molar-refractivity contribution in [2.45, 2.75) is 38.8 Å². The van der Waals surface area contributed by atoms with Gasteiger partial charge >= 0.3 is 30.7 Å². The number of allylic oxidation sites excluding steroid dienone is 1. The zero-order valence-electron chi connectivity index (χ0n) is 33.2. The molecule has 0 aromatic heterocycles. The van der Waals surface area contributed by atoms with Gasteiger partial charge < -0.3 is 28.4 Å². The zero-order chi connectivity index (χ0) is 45.8. The summed E-state index contributed by atoms with van der Waals surface area (Å²) in [6.45, 7) is 10.0. The first-order chi connectivity index (χ1) is 27.9. The largest absolute Gasteiger partial charge is 0.378 e. The Hall–Kier alpha value is 1.51. The lowest BCUT2D eigenvalue weighted by Crippen LogP contribution is -2.41. The van der Waals surface area contributed by atoms with Crippen molar-refractivity contribution < 1.29 is 51.4 Å². The number of carbonyl (C=O) groups excluding carboxylic acids is 2. The molecule has 59 heavy (non-hydrogen) atoms. The van der Waals surface area contributed by atoms with Crippen LogP contribution in [-0.2, 0) is 41.4 Å². The molecule has 2 aliphatic heterocycles. The molecule has 0 aromatic carbocycles. The Morgan fingerprint density at radius 1 is 0.797 bits per heavy atom. The third-order valence-corrected chi connectivity index (χ3v) is 15.6. The lowest BCUT2D eigenvalue weighted by Gasteiger charge is -2.35. The van der Waals surface area contributed by atoms with Crippen molar-refractivity contribution in [3.63, 3.8) is 0 Å². The van der Waals surface area contributed by atoms with Gasteiger partial charge in [0.1, 0.15) is 18.8 Å². The fraction of sp³-hybridized carbons (Fsp3) is 0.862. The molecule has 0 saturated carbocycles. The quantitative estimate of drug-likeness (QED) is 0.0205. The molecule has 2 aliphatic rings. The molecule has 0 aliphatic carbocycles. The molecule has 354 valence electrons. The number of nitrogens with one attached hydrogen (secondary N) is 2. The van der Waals surface area contributed by atoms with E-state index in [9.17, 15) is 28.2 Å². The van der Waals surface area contributed by atoms with E-state index in [2.05, 4.69) is 16.8 Å². The molecular formula is C29H63Cl7N8O11P4. The highest BCUT2D eigenvalue weighted by molar-refractivity contribution is 7.55. The van der Waals surface area contributed by atoms with Crippen LogP contribution in [0, 0.1) is 0 Å². The van der Waals surface area contributed by atoms with Crippen molar-refractivity contribution in [2.75, 3.05) is 120 Å². The molecule has 5 atom stereocenters. The van der Waals surface area contributed by atoms with Gasteiger partial charge in [0, 0.05) is 113 Å². The molecule has 5 unspecified atom stereocenters. The highest BCUT2D eigenvalue weighted by Crippen LogP contribution is 2.49. The molecule has 0 spiro atoms. The van der Waals surface area contributed by atoms with Crippen LogP contribution in [0.5, 0.6) is 0 Å². The Morgan fingerprint density at radius 3 is 1.59 bits per heavy atom. The second-order valence-corrected chi connectivity index (χ2v) is 22.0. The maximum atomic E-state index is 12.2. The minimum absolute atomic E-state index is 0.0400. The van der Waals surface area contributed by atoms with Gasteiger partial charge in [-0.05, 0) is 18.9 Å². The van der Waals surface area contributed by atoms with Crippen molar-refractivity contribution >= 4 is 124 Å². The third-order valence-electron chi connectivity index (χ3n) is 6.90. The summed E-state index contributed by atoms with van der Waals surface area (Å²) in [7, 11) is -12.9. The van der Waals surface area contributed by atoms with Crippen LogP contribution in [0.25, 0.3) is 0 Å². The van der Waals surface area contributed by atoms with Crippen molar-refractivity contribution in [1.29, 1.82) is 0 Å². The maximum Gasteiger partial charge on any atom is 0.345 e. The number of halogens is 7. The normalized spacial score (nSPS) is 22.2. The molecule has 8 N–H and O–H groups in total. The summed E-state index contributed by atoms with van der Waals surface area (Å²) in [4.78, 5) is 28.0. The molecule has 30 heteroatoms. The number of hydrogen-bond donors (Lipinski definition) is 6. The minimum Gasteiger partial charge on any atom is -0.378 e. The summed E-state index contributed by atoms with van der Waals surface area (Å²) < 4.78 is 68.5. The Morgan fingerprint density at radius 2 is 1.24 bits per heavy atom. The van der Waals surface area contributed by atoms with Crippen LogP contribution in [0.2, 0.25) is 0 Å². The topological polar surface area (TPSA) is 260 Å². The standard InChI is InChI=1S/2C7H15Cl2N2O3P.C7H15Cl2N2O2P.C5H14ClN2O2P.C3H4O/c8-2-4-11(5-3-9)15(13)10-7(12)1-6-14-15;8-2-4-11(5-3-9)15(10,13)14-7-1-6-12;8-2-5-11(6-3-9)14(12)10-4-1-7-13-14;1-2-4-8(5-3-6)11(7,9)10;1-2-3-4/h7,12H,1-6H2,(H,10,13);6H,1-5,7H2,(H2,10,13);1-7H2,(H,10,12);2-5H2,1H3,(H3,7,9,10);2-3H,1H2. The summed E-state index contributed by atoms with van der Waals surface area (Å²) in [5.41, 5.74) is 10.5. The summed E-state index contributed by atoms with van der Waals surface area (Å²) in [6.07, 6.45) is 3.99. The van der Waals surface area contributed by atoms with E-state index in [4.69, 9.17) is 115 Å². The zero-order valence-corrected chi connectivity index (χ0v) is 42.1. The fourth-order valence-electron chi connectivity index (χ4n) is 4.24. The predicted molar refractivity (Wildman–Crippen MR) is 244 cm³/mol. The van der Waals surface area contributed by atoms with Crippen molar-refractivity contribution in [3.8, 4) is 0 Å².